The Morgan fingerprint density at radius 2 is 1.12 bits per heavy atom. The molecule has 30 heteroatoms. The summed E-state index contributed by atoms with van der Waals surface area (Å²) in [6.07, 6.45) is 9.52. The number of urea groups is 1. The Labute approximate surface area is 619 Å². The smallest absolute Gasteiger partial charge is 0.333 e. The fourth-order valence-electron chi connectivity index (χ4n) is 12.1. The van der Waals surface area contributed by atoms with E-state index in [9.17, 15) is 62.6 Å². The van der Waals surface area contributed by atoms with Crippen molar-refractivity contribution in [1.29, 1.82) is 0 Å². The standard InChI is InChI=1S/C75H110N10O19S/c1-3-75(2)50-59(86)69(60(87)51-75)56(76-38-42-101-46-47-102-43-39-81-72(96)55-28-26-54(27-29-55)71(95)53-18-6-4-7-19-53)20-9-11-23-62(88)77-35-15-13-21-57(82-65(91)31-30-64(90)78-34-14-5-8-25-68(94)104-85-66(92)32-33-67(85)93)73(97)80-37-17-41-100-45-49-103-48-44-99-40-16-36-79-63(89)24-12-10-22-61-70-58(52-105-61)83-74(98)84-70/h4,6-7,18-19,26-29,57-58,61,70,86H,3,5,8-17,20-25,30-52H2,1-2H3,(H,77,88)(H,78,90)(H,79,89)(H,80,97)(H,81,96)(H,82,91)(H2,83,84,98)/t57-,58-,61-,70-,75?/m0/s1. The highest BCUT2D eigenvalue weighted by Crippen LogP contribution is 2.40. The first-order valence-electron chi connectivity index (χ1n) is 37.3. The third-order valence-electron chi connectivity index (χ3n) is 18.3. The number of hydroxylamine groups is 2. The first kappa shape index (κ1) is 85.8. The van der Waals surface area contributed by atoms with E-state index < -0.39 is 35.6 Å². The number of aliphatic hydroxyl groups is 1. The molecule has 4 aliphatic rings. The molecule has 0 radical (unpaired) electrons. The SMILES string of the molecule is CCC1(C)CC(=O)C(C(CCCCC(=O)NCCCC[C@H](NC(=O)CCC(=O)NCCCCCC(=O)ON2C(=O)CCC2=O)C(=O)NCCCOCCOCCOCCCNC(=O)CCCC[C@@H]2SC[C@@H]3NC(=O)N[C@@H]32)=NCCOCCOCCNC(=O)c2ccc(C(=O)c3ccccc3)cc2)=C(O)C1. The summed E-state index contributed by atoms with van der Waals surface area (Å²) in [4.78, 5) is 160. The third-order valence-corrected chi connectivity index (χ3v) is 19.8. The maximum atomic E-state index is 13.6. The second kappa shape index (κ2) is 48.9. The first-order chi connectivity index (χ1) is 50.8. The minimum absolute atomic E-state index is 0.00136. The highest BCUT2D eigenvalue weighted by Gasteiger charge is 2.43. The van der Waals surface area contributed by atoms with E-state index in [1.165, 1.54) is 0 Å². The molecule has 0 saturated carbocycles. The number of unbranched alkanes of at least 4 members (excludes halogenated alkanes) is 5. The highest BCUT2D eigenvalue weighted by molar-refractivity contribution is 8.00. The Kier molecular flexibility index (Phi) is 39.9. The Morgan fingerprint density at radius 3 is 1.78 bits per heavy atom. The van der Waals surface area contributed by atoms with Crippen LogP contribution in [0.5, 0.6) is 0 Å². The van der Waals surface area contributed by atoms with Crippen molar-refractivity contribution in [2.24, 2.45) is 10.4 Å². The number of nitrogens with one attached hydrogen (secondary N) is 8. The van der Waals surface area contributed by atoms with Crippen LogP contribution in [-0.4, -0.2) is 221 Å². The van der Waals surface area contributed by atoms with Gasteiger partial charge in [-0.25, -0.2) is 9.59 Å². The topological polar surface area (TPSA) is 392 Å². The predicted octanol–water partition coefficient (Wildman–Crippen LogP) is 5.90. The molecule has 0 aromatic heterocycles. The van der Waals surface area contributed by atoms with Crippen LogP contribution < -0.4 is 42.5 Å². The Morgan fingerprint density at radius 1 is 0.571 bits per heavy atom. The molecule has 2 aromatic rings. The molecule has 1 aliphatic carbocycles. The van der Waals surface area contributed by atoms with Gasteiger partial charge in [0.15, 0.2) is 11.6 Å². The van der Waals surface area contributed by atoms with Crippen molar-refractivity contribution in [1.82, 2.24) is 47.6 Å². The van der Waals surface area contributed by atoms with Crippen LogP contribution in [0.15, 0.2) is 70.9 Å². The quantitative estimate of drug-likeness (QED) is 0.0122. The van der Waals surface area contributed by atoms with Gasteiger partial charge in [-0.05, 0) is 101 Å². The second-order valence-electron chi connectivity index (χ2n) is 26.8. The van der Waals surface area contributed by atoms with E-state index >= 15 is 0 Å². The molecule has 3 aliphatic heterocycles. The largest absolute Gasteiger partial charge is 0.511 e. The van der Waals surface area contributed by atoms with E-state index in [1.807, 2.05) is 31.7 Å². The number of imide groups is 1. The summed E-state index contributed by atoms with van der Waals surface area (Å²) in [5, 5.41) is 35.1. The molecule has 2 aromatic carbocycles. The van der Waals surface area contributed by atoms with E-state index in [4.69, 9.17) is 33.5 Å². The molecule has 3 heterocycles. The van der Waals surface area contributed by atoms with Gasteiger partial charge in [0.2, 0.25) is 29.5 Å². The number of carbonyl (C=O) groups is 12. The van der Waals surface area contributed by atoms with E-state index in [1.54, 1.807) is 48.5 Å². The average Bonchev–Trinajstić information content (AvgIpc) is 1.73. The molecule has 29 nitrogen and oxygen atoms in total. The van der Waals surface area contributed by atoms with Crippen LogP contribution >= 0.6 is 11.8 Å². The second-order valence-corrected chi connectivity index (χ2v) is 28.0. The van der Waals surface area contributed by atoms with Gasteiger partial charge in [-0.2, -0.15) is 11.8 Å². The first-order valence-corrected chi connectivity index (χ1v) is 38.4. The maximum Gasteiger partial charge on any atom is 0.333 e. The number of ketones is 2. The molecule has 0 spiro atoms. The van der Waals surface area contributed by atoms with Gasteiger partial charge in [-0.15, -0.1) is 5.06 Å². The summed E-state index contributed by atoms with van der Waals surface area (Å²) in [5.74, 6) is -2.94. The number of fused-ring (bicyclic) bond motifs is 1. The monoisotopic (exact) mass is 1490 g/mol. The fraction of sp³-hybridized carbons (Fsp3) is 0.640. The van der Waals surface area contributed by atoms with Gasteiger partial charge >= 0.3 is 12.0 Å². The van der Waals surface area contributed by atoms with Crippen LogP contribution in [0.25, 0.3) is 0 Å². The minimum atomic E-state index is -0.929. The van der Waals surface area contributed by atoms with E-state index in [-0.39, 0.29) is 174 Å². The summed E-state index contributed by atoms with van der Waals surface area (Å²) in [5.41, 5.74) is 1.79. The zero-order valence-corrected chi connectivity index (χ0v) is 61.9. The van der Waals surface area contributed by atoms with E-state index in [0.29, 0.717) is 169 Å². The number of aliphatic hydroxyl groups excluding tert-OH is 1. The molecule has 105 heavy (non-hydrogen) atoms. The van der Waals surface area contributed by atoms with Crippen LogP contribution in [0.4, 0.5) is 4.79 Å². The van der Waals surface area contributed by atoms with Crippen molar-refractivity contribution in [3.63, 3.8) is 0 Å². The van der Waals surface area contributed by atoms with E-state index in [2.05, 4.69) is 42.5 Å². The number of Topliss-reactive ketones (excluding diaryl/α,β-unsaturated/α-hetero) is 1. The zero-order chi connectivity index (χ0) is 75.4. The summed E-state index contributed by atoms with van der Waals surface area (Å²) in [6, 6.07) is 14.7. The maximum absolute atomic E-state index is 13.6. The van der Waals surface area contributed by atoms with Gasteiger partial charge in [0.25, 0.3) is 17.7 Å². The van der Waals surface area contributed by atoms with Crippen LogP contribution in [0.2, 0.25) is 0 Å². The number of allylic oxidation sites excluding steroid dienone is 2. The number of aliphatic imine (C=N–C) groups is 1. The number of rotatable bonds is 55. The Hall–Kier alpha value is -8.16. The number of benzene rings is 2. The number of ether oxygens (including phenoxy) is 5. The summed E-state index contributed by atoms with van der Waals surface area (Å²) >= 11 is 1.87. The Bertz CT molecular complexity index is 3200. The lowest BCUT2D eigenvalue weighted by atomic mass is 9.72. The van der Waals surface area contributed by atoms with Crippen molar-refractivity contribution >= 4 is 88.3 Å². The van der Waals surface area contributed by atoms with E-state index in [0.717, 1.165) is 25.0 Å². The number of thioether (sulfide) groups is 1. The van der Waals surface area contributed by atoms with Gasteiger partial charge in [0.1, 0.15) is 11.8 Å². The van der Waals surface area contributed by atoms with Crippen molar-refractivity contribution in [2.45, 2.75) is 191 Å². The number of nitrogens with zero attached hydrogens (tertiary/aromatic N) is 2. The molecule has 10 amide bonds. The lowest BCUT2D eigenvalue weighted by Gasteiger charge is -2.32. The summed E-state index contributed by atoms with van der Waals surface area (Å²) < 4.78 is 28.3. The lowest BCUT2D eigenvalue weighted by molar-refractivity contribution is -0.197. The van der Waals surface area contributed by atoms with Gasteiger partial charge < -0.3 is 76.2 Å². The molecular weight excluding hydrogens is 1380 g/mol. The van der Waals surface area contributed by atoms with Crippen LogP contribution in [0.3, 0.4) is 0 Å². The fourth-order valence-corrected chi connectivity index (χ4v) is 13.7. The van der Waals surface area contributed by atoms with Crippen molar-refractivity contribution in [3.8, 4) is 0 Å². The molecule has 9 N–H and O–H groups in total. The van der Waals surface area contributed by atoms with Crippen LogP contribution in [0.1, 0.15) is 194 Å². The molecule has 6 rings (SSSR count). The van der Waals surface area contributed by atoms with Crippen LogP contribution in [0, 0.1) is 5.41 Å². The molecule has 580 valence electrons. The molecular formula is C75H110N10O19S. The minimum Gasteiger partial charge on any atom is -0.511 e. The average molecular weight is 1490 g/mol. The van der Waals surface area contributed by atoms with Gasteiger partial charge in [0, 0.05) is 137 Å². The molecule has 3 saturated heterocycles. The Balaban J connectivity index is 0.833. The predicted molar refractivity (Wildman–Crippen MR) is 392 cm³/mol. The normalized spacial score (nSPS) is 18.1. The number of hydrogen-bond donors (Lipinski definition) is 9. The lowest BCUT2D eigenvalue weighted by Crippen LogP contribution is -2.47. The van der Waals surface area contributed by atoms with Crippen molar-refractivity contribution in [3.05, 3.63) is 82.6 Å². The number of amides is 10. The van der Waals surface area contributed by atoms with Gasteiger partial charge in [-0.1, -0.05) is 69.2 Å². The van der Waals surface area contributed by atoms with Gasteiger partial charge in [0.05, 0.1) is 77.1 Å². The van der Waals surface area contributed by atoms with Crippen molar-refractivity contribution in [2.75, 3.05) is 111 Å². The summed E-state index contributed by atoms with van der Waals surface area (Å²) in [7, 11) is 0. The van der Waals surface area contributed by atoms with Crippen molar-refractivity contribution < 1.29 is 91.2 Å². The van der Waals surface area contributed by atoms with Crippen LogP contribution in [-0.2, 0) is 71.7 Å². The summed E-state index contributed by atoms with van der Waals surface area (Å²) in [6.45, 7) is 9.04. The molecule has 3 fully saturated rings. The molecule has 1 unspecified atom stereocenters. The highest BCUT2D eigenvalue weighted by atomic mass is 32.2. The number of carbonyl (C=O) groups excluding carboxylic acids is 12. The third kappa shape index (κ3) is 33.0. The zero-order valence-electron chi connectivity index (χ0n) is 61.1. The van der Waals surface area contributed by atoms with Gasteiger partial charge in [-0.3, -0.25) is 52.9 Å². The number of hydrogen-bond acceptors (Lipinski definition) is 21. The molecule has 0 bridgehead atoms. The molecule has 5 atom stereocenters.